The van der Waals surface area contributed by atoms with Gasteiger partial charge in [-0.05, 0) is 31.5 Å². The first-order chi connectivity index (χ1) is 10.1. The van der Waals surface area contributed by atoms with E-state index in [1.54, 1.807) is 7.05 Å². The molecule has 0 saturated carbocycles. The minimum atomic E-state index is 0. The summed E-state index contributed by atoms with van der Waals surface area (Å²) in [5.41, 5.74) is 1.02. The maximum absolute atomic E-state index is 6.27. The summed E-state index contributed by atoms with van der Waals surface area (Å²) in [6.07, 6.45) is 0.865. The lowest BCUT2D eigenvalue weighted by atomic mass is 10.2. The largest absolute Gasteiger partial charge is 0.489 e. The molecule has 2 rings (SSSR count). The average molecular weight is 440 g/mol. The maximum Gasteiger partial charge on any atom is 0.191 e. The number of nitrogens with one attached hydrogen (secondary N) is 2. The summed E-state index contributed by atoms with van der Waals surface area (Å²) in [7, 11) is 1.75. The molecule has 1 aliphatic heterocycles. The highest BCUT2D eigenvalue weighted by Gasteiger charge is 2.15. The zero-order valence-corrected chi connectivity index (χ0v) is 16.2. The molecule has 2 N–H and O–H groups in total. The van der Waals surface area contributed by atoms with E-state index >= 15 is 0 Å². The first-order valence-electron chi connectivity index (χ1n) is 7.15. The molecule has 0 radical (unpaired) electrons. The fourth-order valence-electron chi connectivity index (χ4n) is 2.04. The van der Waals surface area contributed by atoms with E-state index in [0.717, 1.165) is 17.9 Å². The third-order valence-corrected chi connectivity index (χ3v) is 3.25. The Morgan fingerprint density at radius 2 is 2.05 bits per heavy atom. The molecular weight excluding hydrogens is 417 g/mol. The third kappa shape index (κ3) is 5.39. The highest BCUT2D eigenvalue weighted by molar-refractivity contribution is 14.0. The van der Waals surface area contributed by atoms with E-state index in [2.05, 4.69) is 29.5 Å². The van der Waals surface area contributed by atoms with E-state index in [9.17, 15) is 0 Å². The van der Waals surface area contributed by atoms with E-state index in [1.807, 2.05) is 12.1 Å². The Bertz CT molecular complexity index is 524. The van der Waals surface area contributed by atoms with Crippen molar-refractivity contribution in [3.63, 3.8) is 0 Å². The topological polar surface area (TPSA) is 54.9 Å². The molecule has 7 heteroatoms. The molecule has 0 fully saturated rings. The normalized spacial score (nSPS) is 14.1. The Labute approximate surface area is 153 Å². The Balaban J connectivity index is 0.00000242. The zero-order valence-electron chi connectivity index (χ0n) is 13.1. The monoisotopic (exact) mass is 439 g/mol. The Morgan fingerprint density at radius 1 is 1.32 bits per heavy atom. The van der Waals surface area contributed by atoms with E-state index in [0.29, 0.717) is 42.3 Å². The number of aliphatic imine (C=N–C) groups is 1. The van der Waals surface area contributed by atoms with Gasteiger partial charge in [-0.3, -0.25) is 4.99 Å². The first-order valence-corrected chi connectivity index (χ1v) is 7.53. The van der Waals surface area contributed by atoms with Crippen LogP contribution in [0.2, 0.25) is 5.02 Å². The van der Waals surface area contributed by atoms with Gasteiger partial charge in [-0.1, -0.05) is 11.6 Å². The Morgan fingerprint density at radius 3 is 2.73 bits per heavy atom. The quantitative estimate of drug-likeness (QED) is 0.431. The van der Waals surface area contributed by atoms with Crippen LogP contribution in [-0.2, 0) is 6.54 Å². The maximum atomic E-state index is 6.27. The van der Waals surface area contributed by atoms with Gasteiger partial charge < -0.3 is 20.1 Å². The molecule has 0 atom stereocenters. The lowest BCUT2D eigenvalue weighted by Gasteiger charge is -2.16. The summed E-state index contributed by atoms with van der Waals surface area (Å²) in [6, 6.07) is 4.18. The number of halogens is 2. The second-order valence-corrected chi connectivity index (χ2v) is 5.59. The molecule has 0 unspecified atom stereocenters. The van der Waals surface area contributed by atoms with Crippen LogP contribution in [0.15, 0.2) is 17.1 Å². The van der Waals surface area contributed by atoms with Crippen molar-refractivity contribution in [2.75, 3.05) is 20.3 Å². The molecule has 22 heavy (non-hydrogen) atoms. The van der Waals surface area contributed by atoms with Gasteiger partial charge in [0.05, 0.1) is 18.2 Å². The van der Waals surface area contributed by atoms with Crippen LogP contribution in [0.25, 0.3) is 0 Å². The van der Waals surface area contributed by atoms with Crippen LogP contribution in [0.4, 0.5) is 0 Å². The average Bonchev–Trinajstić information content (AvgIpc) is 2.68. The van der Waals surface area contributed by atoms with Crippen molar-refractivity contribution in [2.24, 2.45) is 4.99 Å². The van der Waals surface area contributed by atoms with Crippen molar-refractivity contribution in [1.29, 1.82) is 0 Å². The van der Waals surface area contributed by atoms with Crippen LogP contribution in [-0.4, -0.2) is 32.3 Å². The molecule has 0 saturated heterocycles. The third-order valence-electron chi connectivity index (χ3n) is 2.97. The minimum absolute atomic E-state index is 0. The van der Waals surface area contributed by atoms with Crippen molar-refractivity contribution >= 4 is 41.5 Å². The fraction of sp³-hybridized carbons (Fsp3) is 0.533. The summed E-state index contributed by atoms with van der Waals surface area (Å²) in [4.78, 5) is 4.17. The van der Waals surface area contributed by atoms with Gasteiger partial charge in [-0.15, -0.1) is 24.0 Å². The number of fused-ring (bicyclic) bond motifs is 1. The molecule has 1 aliphatic rings. The van der Waals surface area contributed by atoms with Crippen LogP contribution in [0, 0.1) is 0 Å². The number of rotatable bonds is 3. The number of ether oxygens (including phenoxy) is 2. The second-order valence-electron chi connectivity index (χ2n) is 5.18. The summed E-state index contributed by atoms with van der Waals surface area (Å²) in [5, 5.41) is 7.07. The molecule has 0 amide bonds. The predicted octanol–water partition coefficient (Wildman–Crippen LogP) is 3.19. The highest BCUT2D eigenvalue weighted by Crippen LogP contribution is 2.37. The van der Waals surface area contributed by atoms with E-state index in [4.69, 9.17) is 21.1 Å². The van der Waals surface area contributed by atoms with Gasteiger partial charge in [0, 0.05) is 26.1 Å². The standard InChI is InChI=1S/C15H22ClN3O2.HI/c1-10(2)19-15(17-3)18-9-11-7-12(16)14-13(8-11)20-5-4-6-21-14;/h7-8,10H,4-6,9H2,1-3H3,(H2,17,18,19);1H. The zero-order chi connectivity index (χ0) is 15.2. The SMILES string of the molecule is CN=C(NCc1cc(Cl)c2c(c1)OCCCO2)NC(C)C.I. The van der Waals surface area contributed by atoms with Crippen LogP contribution >= 0.6 is 35.6 Å². The van der Waals surface area contributed by atoms with E-state index in [1.165, 1.54) is 0 Å². The molecule has 124 valence electrons. The summed E-state index contributed by atoms with van der Waals surface area (Å²) in [5.74, 6) is 2.11. The van der Waals surface area contributed by atoms with Gasteiger partial charge in [-0.2, -0.15) is 0 Å². The Hall–Kier alpha value is -0.890. The molecule has 0 aliphatic carbocycles. The van der Waals surface area contributed by atoms with Gasteiger partial charge in [0.2, 0.25) is 0 Å². The second kappa shape index (κ2) is 9.29. The summed E-state index contributed by atoms with van der Waals surface area (Å²) >= 11 is 6.27. The number of hydrogen-bond donors (Lipinski definition) is 2. The predicted molar refractivity (Wildman–Crippen MR) is 101 cm³/mol. The van der Waals surface area contributed by atoms with Gasteiger partial charge in [0.25, 0.3) is 0 Å². The van der Waals surface area contributed by atoms with Crippen molar-refractivity contribution in [1.82, 2.24) is 10.6 Å². The van der Waals surface area contributed by atoms with Gasteiger partial charge >= 0.3 is 0 Å². The summed E-state index contributed by atoms with van der Waals surface area (Å²) in [6.45, 7) is 6.03. The van der Waals surface area contributed by atoms with Crippen molar-refractivity contribution in [2.45, 2.75) is 32.9 Å². The van der Waals surface area contributed by atoms with Crippen molar-refractivity contribution in [3.05, 3.63) is 22.7 Å². The van der Waals surface area contributed by atoms with Crippen LogP contribution < -0.4 is 20.1 Å². The molecule has 1 heterocycles. The van der Waals surface area contributed by atoms with E-state index in [-0.39, 0.29) is 24.0 Å². The molecule has 1 aromatic rings. The van der Waals surface area contributed by atoms with Crippen LogP contribution in [0.3, 0.4) is 0 Å². The molecule has 5 nitrogen and oxygen atoms in total. The van der Waals surface area contributed by atoms with Gasteiger partial charge in [0.15, 0.2) is 17.5 Å². The van der Waals surface area contributed by atoms with E-state index < -0.39 is 0 Å². The van der Waals surface area contributed by atoms with Crippen LogP contribution in [0.5, 0.6) is 11.5 Å². The first kappa shape index (κ1) is 19.2. The van der Waals surface area contributed by atoms with Crippen molar-refractivity contribution in [3.8, 4) is 11.5 Å². The minimum Gasteiger partial charge on any atom is -0.489 e. The number of guanidine groups is 1. The van der Waals surface area contributed by atoms with Gasteiger partial charge in [0.1, 0.15) is 0 Å². The number of benzene rings is 1. The molecule has 0 bridgehead atoms. The highest BCUT2D eigenvalue weighted by atomic mass is 127. The Kier molecular flexibility index (Phi) is 8.09. The molecule has 0 spiro atoms. The lowest BCUT2D eigenvalue weighted by molar-refractivity contribution is 0.297. The van der Waals surface area contributed by atoms with Gasteiger partial charge in [-0.25, -0.2) is 0 Å². The molecule has 1 aromatic carbocycles. The lowest BCUT2D eigenvalue weighted by Crippen LogP contribution is -2.40. The summed E-state index contributed by atoms with van der Waals surface area (Å²) < 4.78 is 11.3. The number of hydrogen-bond acceptors (Lipinski definition) is 3. The number of nitrogens with zero attached hydrogens (tertiary/aromatic N) is 1. The fourth-order valence-corrected chi connectivity index (χ4v) is 2.33. The molecule has 0 aromatic heterocycles. The molecular formula is C15H23ClIN3O2. The van der Waals surface area contributed by atoms with Crippen molar-refractivity contribution < 1.29 is 9.47 Å². The smallest absolute Gasteiger partial charge is 0.191 e. The van der Waals surface area contributed by atoms with Crippen LogP contribution in [0.1, 0.15) is 25.8 Å².